The molecule has 0 saturated carbocycles. The van der Waals surface area contributed by atoms with Crippen molar-refractivity contribution in [1.29, 1.82) is 0 Å². The lowest BCUT2D eigenvalue weighted by molar-refractivity contribution is -0.131. The number of carbonyl (C=O) groups is 2. The first-order valence-corrected chi connectivity index (χ1v) is 12.1. The number of allylic oxidation sites excluding steroid dienone is 3. The number of aromatic nitrogens is 2. The van der Waals surface area contributed by atoms with E-state index in [9.17, 15) is 9.59 Å². The fraction of sp³-hybridized carbons (Fsp3) is 0.321. The van der Waals surface area contributed by atoms with Crippen molar-refractivity contribution in [3.8, 4) is 0 Å². The van der Waals surface area contributed by atoms with Crippen molar-refractivity contribution in [3.63, 3.8) is 0 Å². The number of benzene rings is 2. The van der Waals surface area contributed by atoms with E-state index >= 15 is 0 Å². The van der Waals surface area contributed by atoms with Crippen LogP contribution in [0.2, 0.25) is 0 Å². The predicted molar refractivity (Wildman–Crippen MR) is 138 cm³/mol. The van der Waals surface area contributed by atoms with Crippen LogP contribution in [0.1, 0.15) is 37.8 Å². The minimum atomic E-state index is -0.194. The average molecular weight is 472 g/mol. The number of carbonyl (C=O) groups excluding carboxylic acids is 2. The van der Waals surface area contributed by atoms with Gasteiger partial charge in [0.2, 0.25) is 5.91 Å². The lowest BCUT2D eigenvalue weighted by atomic mass is 10.1. The van der Waals surface area contributed by atoms with E-state index in [0.29, 0.717) is 25.2 Å². The molecule has 0 saturated heterocycles. The van der Waals surface area contributed by atoms with E-state index < -0.39 is 0 Å². The molecule has 1 aliphatic rings. The summed E-state index contributed by atoms with van der Waals surface area (Å²) in [5.74, 6) is -0.339. The zero-order chi connectivity index (χ0) is 24.8. The van der Waals surface area contributed by atoms with Crippen LogP contribution < -0.4 is 10.6 Å². The highest BCUT2D eigenvalue weighted by atomic mass is 16.2. The fourth-order valence-corrected chi connectivity index (χ4v) is 4.35. The Hall–Kier alpha value is -3.87. The molecule has 182 valence electrons. The molecule has 2 amide bonds. The highest BCUT2D eigenvalue weighted by Crippen LogP contribution is 2.22. The monoisotopic (exact) mass is 471 g/mol. The molecule has 2 N–H and O–H groups in total. The molecule has 0 atom stereocenters. The summed E-state index contributed by atoms with van der Waals surface area (Å²) in [5, 5.41) is 11.6. The number of hydrogen-bond donors (Lipinski definition) is 2. The van der Waals surface area contributed by atoms with E-state index in [-0.39, 0.29) is 18.4 Å². The van der Waals surface area contributed by atoms with Crippen molar-refractivity contribution in [1.82, 2.24) is 25.3 Å². The molecule has 0 spiro atoms. The van der Waals surface area contributed by atoms with Crippen LogP contribution in [-0.2, 0) is 29.6 Å². The number of nitrogens with zero attached hydrogens (tertiary/aromatic N) is 3. The quantitative estimate of drug-likeness (QED) is 0.497. The topological polar surface area (TPSA) is 79.3 Å². The summed E-state index contributed by atoms with van der Waals surface area (Å²) >= 11 is 0. The summed E-state index contributed by atoms with van der Waals surface area (Å²) in [6, 6.07) is 16.2. The van der Waals surface area contributed by atoms with Crippen molar-refractivity contribution in [2.75, 3.05) is 13.1 Å². The van der Waals surface area contributed by atoms with E-state index in [1.165, 1.54) is 5.56 Å². The summed E-state index contributed by atoms with van der Waals surface area (Å²) in [6.45, 7) is 4.99. The molecule has 0 aliphatic carbocycles. The van der Waals surface area contributed by atoms with Gasteiger partial charge in [-0.2, -0.15) is 5.10 Å². The lowest BCUT2D eigenvalue weighted by Crippen LogP contribution is -2.42. The van der Waals surface area contributed by atoms with Gasteiger partial charge in [-0.15, -0.1) is 0 Å². The second-order valence-corrected chi connectivity index (χ2v) is 8.87. The molecule has 1 aromatic heterocycles. The first-order chi connectivity index (χ1) is 17.0. The van der Waals surface area contributed by atoms with Crippen LogP contribution in [0.5, 0.6) is 0 Å². The van der Waals surface area contributed by atoms with E-state index in [4.69, 9.17) is 0 Å². The first kappa shape index (κ1) is 24.3. The Morgan fingerprint density at radius 2 is 1.91 bits per heavy atom. The molecule has 1 aliphatic heterocycles. The maximum atomic E-state index is 13.5. The summed E-state index contributed by atoms with van der Waals surface area (Å²) in [5.41, 5.74) is 5.73. The van der Waals surface area contributed by atoms with Gasteiger partial charge in [0.1, 0.15) is 6.54 Å². The van der Waals surface area contributed by atoms with Gasteiger partial charge >= 0.3 is 0 Å². The maximum absolute atomic E-state index is 13.5. The van der Waals surface area contributed by atoms with Crippen molar-refractivity contribution in [2.24, 2.45) is 7.05 Å². The minimum absolute atomic E-state index is 0.0167. The standard InChI is InChI=1S/C28H33N5O2/c1-4-23-12-10-20(2)33(28(35)27(23)29-15-14-21-8-6-5-7-9-21)19-26(34)30-17-22-11-13-25-24(16-22)18-31-32(25)3/h5-11,13,16,18,29H,4,12,14-15,17,19H2,1-3H3,(H,30,34). The Bertz CT molecular complexity index is 1270. The van der Waals surface area contributed by atoms with Gasteiger partial charge in [-0.05, 0) is 55.0 Å². The van der Waals surface area contributed by atoms with Gasteiger partial charge in [0.25, 0.3) is 5.91 Å². The molecular formula is C28H33N5O2. The van der Waals surface area contributed by atoms with E-state index in [1.807, 2.05) is 67.3 Å². The van der Waals surface area contributed by atoms with Gasteiger partial charge in [0, 0.05) is 31.2 Å². The predicted octanol–water partition coefficient (Wildman–Crippen LogP) is 3.82. The summed E-state index contributed by atoms with van der Waals surface area (Å²) in [4.78, 5) is 27.9. The molecule has 7 heteroatoms. The van der Waals surface area contributed by atoms with E-state index in [1.54, 1.807) is 4.90 Å². The number of hydrogen-bond acceptors (Lipinski definition) is 4. The Balaban J connectivity index is 1.39. The van der Waals surface area contributed by atoms with Crippen LogP contribution in [0.3, 0.4) is 0 Å². The summed E-state index contributed by atoms with van der Waals surface area (Å²) in [6.07, 6.45) is 6.15. The first-order valence-electron chi connectivity index (χ1n) is 12.1. The second-order valence-electron chi connectivity index (χ2n) is 8.87. The Morgan fingerprint density at radius 3 is 2.69 bits per heavy atom. The molecule has 0 fully saturated rings. The van der Waals surface area contributed by atoms with Gasteiger partial charge in [-0.25, -0.2) is 0 Å². The molecule has 7 nitrogen and oxygen atoms in total. The van der Waals surface area contributed by atoms with Crippen molar-refractivity contribution in [2.45, 2.75) is 39.7 Å². The molecule has 0 radical (unpaired) electrons. The fourth-order valence-electron chi connectivity index (χ4n) is 4.35. The van der Waals surface area contributed by atoms with Crippen molar-refractivity contribution >= 4 is 22.7 Å². The lowest BCUT2D eigenvalue weighted by Gasteiger charge is -2.24. The highest BCUT2D eigenvalue weighted by Gasteiger charge is 2.26. The third-order valence-electron chi connectivity index (χ3n) is 6.47. The molecule has 0 unspecified atom stereocenters. The van der Waals surface area contributed by atoms with Gasteiger partial charge in [0.05, 0.1) is 17.4 Å². The normalized spacial score (nSPS) is 14.2. The number of rotatable bonds is 9. The van der Waals surface area contributed by atoms with Crippen LogP contribution in [0.15, 0.2) is 77.8 Å². The second kappa shape index (κ2) is 11.0. The van der Waals surface area contributed by atoms with Crippen LogP contribution in [0.25, 0.3) is 10.9 Å². The molecule has 35 heavy (non-hydrogen) atoms. The van der Waals surface area contributed by atoms with Gasteiger partial charge in [-0.3, -0.25) is 14.3 Å². The summed E-state index contributed by atoms with van der Waals surface area (Å²) in [7, 11) is 1.90. The minimum Gasteiger partial charge on any atom is -0.380 e. The van der Waals surface area contributed by atoms with E-state index in [2.05, 4.69) is 34.8 Å². The molecular weight excluding hydrogens is 438 g/mol. The van der Waals surface area contributed by atoms with Gasteiger partial charge in [0.15, 0.2) is 0 Å². The zero-order valence-electron chi connectivity index (χ0n) is 20.7. The number of aryl methyl sites for hydroxylation is 1. The third kappa shape index (κ3) is 5.80. The number of nitrogens with one attached hydrogen (secondary N) is 2. The highest BCUT2D eigenvalue weighted by molar-refractivity contribution is 5.97. The third-order valence-corrected chi connectivity index (χ3v) is 6.47. The van der Waals surface area contributed by atoms with Gasteiger partial charge in [-0.1, -0.05) is 49.4 Å². The largest absolute Gasteiger partial charge is 0.380 e. The van der Waals surface area contributed by atoms with Crippen molar-refractivity contribution in [3.05, 3.63) is 88.9 Å². The van der Waals surface area contributed by atoms with Crippen LogP contribution in [-0.4, -0.2) is 39.6 Å². The average Bonchev–Trinajstić information content (AvgIpc) is 3.20. The van der Waals surface area contributed by atoms with Crippen LogP contribution in [0.4, 0.5) is 0 Å². The number of amides is 2. The molecule has 0 bridgehead atoms. The molecule has 2 heterocycles. The van der Waals surface area contributed by atoms with E-state index in [0.717, 1.165) is 40.6 Å². The SMILES string of the molecule is CCC1=C(NCCc2ccccc2)C(=O)N(CC(=O)NCc2ccc3c(cnn3C)c2)C(C)=CC1. The Labute approximate surface area is 206 Å². The molecule has 2 aromatic carbocycles. The maximum Gasteiger partial charge on any atom is 0.274 e. The van der Waals surface area contributed by atoms with Crippen LogP contribution in [0, 0.1) is 0 Å². The summed E-state index contributed by atoms with van der Waals surface area (Å²) < 4.78 is 1.82. The Morgan fingerprint density at radius 1 is 1.11 bits per heavy atom. The molecule has 3 aromatic rings. The smallest absolute Gasteiger partial charge is 0.274 e. The van der Waals surface area contributed by atoms with Crippen LogP contribution >= 0.6 is 0 Å². The van der Waals surface area contributed by atoms with Crippen molar-refractivity contribution < 1.29 is 9.59 Å². The Kier molecular flexibility index (Phi) is 7.65. The number of fused-ring (bicyclic) bond motifs is 1. The zero-order valence-corrected chi connectivity index (χ0v) is 20.7. The van der Waals surface area contributed by atoms with Gasteiger partial charge < -0.3 is 15.5 Å². The molecule has 4 rings (SSSR count).